The van der Waals surface area contributed by atoms with Gasteiger partial charge in [-0.25, -0.2) is 0 Å². The highest BCUT2D eigenvalue weighted by molar-refractivity contribution is 5.22. The van der Waals surface area contributed by atoms with E-state index in [1.807, 2.05) is 6.92 Å². The van der Waals surface area contributed by atoms with E-state index >= 15 is 0 Å². The Kier molecular flexibility index (Phi) is 3.69. The molecule has 1 aliphatic carbocycles. The maximum atomic E-state index is 9.67. The Hall–Kier alpha value is -0.560. The Labute approximate surface area is 100 Å². The monoisotopic (exact) mass is 222 g/mol. The molecule has 0 aromatic heterocycles. The minimum absolute atomic E-state index is 0.132. The van der Waals surface area contributed by atoms with Crippen molar-refractivity contribution in [3.63, 3.8) is 0 Å². The lowest BCUT2D eigenvalue weighted by Gasteiger charge is -2.29. The van der Waals surface area contributed by atoms with Gasteiger partial charge in [0.15, 0.2) is 0 Å². The van der Waals surface area contributed by atoms with Crippen LogP contribution in [0.1, 0.15) is 48.0 Å². The molecule has 1 N–H and O–H groups in total. The zero-order chi connectivity index (χ0) is 12.6. The molecular formula is C15H26O. The third-order valence-corrected chi connectivity index (χ3v) is 4.46. The van der Waals surface area contributed by atoms with Gasteiger partial charge in [0.1, 0.15) is 0 Å². The van der Waals surface area contributed by atoms with Gasteiger partial charge >= 0.3 is 0 Å². The molecule has 1 nitrogen and oxygen atoms in total. The van der Waals surface area contributed by atoms with Crippen LogP contribution in [0.4, 0.5) is 0 Å². The van der Waals surface area contributed by atoms with Crippen LogP contribution in [-0.4, -0.2) is 11.2 Å². The Bertz CT molecular complexity index is 305. The molecule has 0 bridgehead atoms. The number of allylic oxidation sites excluding steroid dienone is 3. The van der Waals surface area contributed by atoms with Crippen LogP contribution in [0.5, 0.6) is 0 Å². The van der Waals surface area contributed by atoms with E-state index in [2.05, 4.69) is 52.8 Å². The van der Waals surface area contributed by atoms with Gasteiger partial charge in [0.25, 0.3) is 0 Å². The van der Waals surface area contributed by atoms with Crippen LogP contribution in [-0.2, 0) is 0 Å². The molecular weight excluding hydrogens is 196 g/mol. The first kappa shape index (κ1) is 13.5. The maximum Gasteiger partial charge on any atom is 0.0597 e. The predicted molar refractivity (Wildman–Crippen MR) is 70.2 cm³/mol. The molecule has 1 rings (SSSR count). The van der Waals surface area contributed by atoms with Gasteiger partial charge in [-0.3, -0.25) is 0 Å². The lowest BCUT2D eigenvalue weighted by molar-refractivity contribution is 0.0989. The van der Waals surface area contributed by atoms with Crippen LogP contribution >= 0.6 is 0 Å². The SMILES string of the molecule is CC1=CCC(/C=C/C(C)(C)[C@H](C)O)C1(C)C. The summed E-state index contributed by atoms with van der Waals surface area (Å²) in [6.07, 6.45) is 7.63. The van der Waals surface area contributed by atoms with Crippen LogP contribution < -0.4 is 0 Å². The molecule has 0 saturated heterocycles. The third-order valence-electron chi connectivity index (χ3n) is 4.46. The lowest BCUT2D eigenvalue weighted by atomic mass is 9.76. The van der Waals surface area contributed by atoms with Crippen LogP contribution in [0.15, 0.2) is 23.8 Å². The second-order valence-corrected chi connectivity index (χ2v) is 6.31. The van der Waals surface area contributed by atoms with Gasteiger partial charge in [0.05, 0.1) is 6.10 Å². The smallest absolute Gasteiger partial charge is 0.0597 e. The lowest BCUT2D eigenvalue weighted by Crippen LogP contribution is -2.25. The van der Waals surface area contributed by atoms with Crippen molar-refractivity contribution in [3.05, 3.63) is 23.8 Å². The molecule has 1 aliphatic rings. The molecule has 0 amide bonds. The number of aliphatic hydroxyl groups excluding tert-OH is 1. The Morgan fingerprint density at radius 2 is 2.06 bits per heavy atom. The standard InChI is InChI=1S/C15H26O/c1-11-7-8-13(15(11,5)6)9-10-14(3,4)12(2)16/h7,9-10,12-13,16H,8H2,1-6H3/b10-9+/t12-,13?/m0/s1. The first-order valence-electron chi connectivity index (χ1n) is 6.22. The van der Waals surface area contributed by atoms with Crippen molar-refractivity contribution < 1.29 is 5.11 Å². The van der Waals surface area contributed by atoms with Crippen molar-refractivity contribution in [3.8, 4) is 0 Å². The van der Waals surface area contributed by atoms with E-state index in [-0.39, 0.29) is 16.9 Å². The van der Waals surface area contributed by atoms with E-state index in [1.165, 1.54) is 5.57 Å². The zero-order valence-electron chi connectivity index (χ0n) is 11.5. The summed E-state index contributed by atoms with van der Waals surface area (Å²) < 4.78 is 0. The summed E-state index contributed by atoms with van der Waals surface area (Å²) in [5.74, 6) is 0.575. The van der Waals surface area contributed by atoms with E-state index in [0.717, 1.165) is 6.42 Å². The average molecular weight is 222 g/mol. The molecule has 0 spiro atoms. The van der Waals surface area contributed by atoms with Gasteiger partial charge in [-0.2, -0.15) is 0 Å². The molecule has 0 radical (unpaired) electrons. The fourth-order valence-corrected chi connectivity index (χ4v) is 1.98. The van der Waals surface area contributed by atoms with Gasteiger partial charge in [-0.15, -0.1) is 0 Å². The van der Waals surface area contributed by atoms with Crippen molar-refractivity contribution in [2.45, 2.75) is 54.1 Å². The van der Waals surface area contributed by atoms with Crippen molar-refractivity contribution in [1.82, 2.24) is 0 Å². The van der Waals surface area contributed by atoms with Crippen LogP contribution in [0, 0.1) is 16.7 Å². The van der Waals surface area contributed by atoms with Gasteiger partial charge in [-0.1, -0.05) is 51.5 Å². The molecule has 0 aromatic carbocycles. The summed E-state index contributed by atoms with van der Waals surface area (Å²) in [6, 6.07) is 0. The minimum atomic E-state index is -0.303. The number of rotatable bonds is 3. The number of hydrogen-bond acceptors (Lipinski definition) is 1. The van der Waals surface area contributed by atoms with Crippen LogP contribution in [0.3, 0.4) is 0 Å². The molecule has 92 valence electrons. The van der Waals surface area contributed by atoms with E-state index in [4.69, 9.17) is 0 Å². The summed E-state index contributed by atoms with van der Waals surface area (Å²) in [4.78, 5) is 0. The highest BCUT2D eigenvalue weighted by Gasteiger charge is 2.33. The van der Waals surface area contributed by atoms with E-state index in [0.29, 0.717) is 5.92 Å². The largest absolute Gasteiger partial charge is 0.393 e. The molecule has 0 saturated carbocycles. The molecule has 1 unspecified atom stereocenters. The fourth-order valence-electron chi connectivity index (χ4n) is 1.98. The quantitative estimate of drug-likeness (QED) is 0.717. The minimum Gasteiger partial charge on any atom is -0.393 e. The highest BCUT2D eigenvalue weighted by atomic mass is 16.3. The maximum absolute atomic E-state index is 9.67. The second-order valence-electron chi connectivity index (χ2n) is 6.31. The van der Waals surface area contributed by atoms with Crippen molar-refractivity contribution >= 4 is 0 Å². The van der Waals surface area contributed by atoms with E-state index < -0.39 is 0 Å². The first-order chi connectivity index (χ1) is 7.18. The second kappa shape index (κ2) is 4.37. The number of hydrogen-bond donors (Lipinski definition) is 1. The summed E-state index contributed by atoms with van der Waals surface area (Å²) in [7, 11) is 0. The molecule has 1 heteroatoms. The van der Waals surface area contributed by atoms with Crippen LogP contribution in [0.25, 0.3) is 0 Å². The fraction of sp³-hybridized carbons (Fsp3) is 0.733. The highest BCUT2D eigenvalue weighted by Crippen LogP contribution is 2.44. The molecule has 0 fully saturated rings. The molecule has 16 heavy (non-hydrogen) atoms. The van der Waals surface area contributed by atoms with Gasteiger partial charge in [0, 0.05) is 5.41 Å². The summed E-state index contributed by atoms with van der Waals surface area (Å²) in [5.41, 5.74) is 1.62. The Morgan fingerprint density at radius 1 is 1.50 bits per heavy atom. The predicted octanol–water partition coefficient (Wildman–Crippen LogP) is 3.94. The van der Waals surface area contributed by atoms with Crippen LogP contribution in [0.2, 0.25) is 0 Å². The molecule has 0 aromatic rings. The molecule has 0 aliphatic heterocycles. The Morgan fingerprint density at radius 3 is 2.44 bits per heavy atom. The van der Waals surface area contributed by atoms with E-state index in [9.17, 15) is 5.11 Å². The van der Waals surface area contributed by atoms with Crippen molar-refractivity contribution in [1.29, 1.82) is 0 Å². The first-order valence-corrected chi connectivity index (χ1v) is 6.22. The summed E-state index contributed by atoms with van der Waals surface area (Å²) in [6.45, 7) is 12.8. The average Bonchev–Trinajstić information content (AvgIpc) is 2.39. The van der Waals surface area contributed by atoms with Crippen molar-refractivity contribution in [2.75, 3.05) is 0 Å². The van der Waals surface area contributed by atoms with Gasteiger partial charge in [-0.05, 0) is 31.6 Å². The zero-order valence-corrected chi connectivity index (χ0v) is 11.5. The van der Waals surface area contributed by atoms with E-state index in [1.54, 1.807) is 0 Å². The van der Waals surface area contributed by atoms with Crippen molar-refractivity contribution in [2.24, 2.45) is 16.7 Å². The Balaban J connectivity index is 2.74. The molecule has 2 atom stereocenters. The summed E-state index contributed by atoms with van der Waals surface area (Å²) in [5, 5.41) is 9.67. The van der Waals surface area contributed by atoms with Gasteiger partial charge < -0.3 is 5.11 Å². The van der Waals surface area contributed by atoms with Gasteiger partial charge in [0.2, 0.25) is 0 Å². The topological polar surface area (TPSA) is 20.2 Å². The third kappa shape index (κ3) is 2.57. The molecule has 0 heterocycles. The summed E-state index contributed by atoms with van der Waals surface area (Å²) >= 11 is 0. The number of aliphatic hydroxyl groups is 1. The normalized spacial score (nSPS) is 27.2.